The SMILES string of the molecule is O=C(OC(=O)C1=CS(Br)(Br)SN1)C1=CS(Br)(Br)SN1. The summed E-state index contributed by atoms with van der Waals surface area (Å²) in [4.78, 5) is 23.5. The van der Waals surface area contributed by atoms with E-state index >= 15 is 0 Å². The maximum atomic E-state index is 11.8. The molecule has 0 amide bonds. The zero-order valence-electron chi connectivity index (χ0n) is 8.52. The standard InChI is InChI=1S/C6H4Br4N2O3S4/c7-18(8)1-3(11-16-18)5(13)15-6(14)4-2-19(9,10)17-12-4/h1-2,11-12H. The van der Waals surface area contributed by atoms with E-state index in [1.807, 2.05) is 0 Å². The van der Waals surface area contributed by atoms with E-state index in [-0.39, 0.29) is 11.4 Å². The Balaban J connectivity index is 1.99. The van der Waals surface area contributed by atoms with Crippen LogP contribution in [0.15, 0.2) is 22.2 Å². The van der Waals surface area contributed by atoms with Crippen molar-refractivity contribution in [2.45, 2.75) is 0 Å². The molecule has 2 aliphatic heterocycles. The Morgan fingerprint density at radius 2 is 1.32 bits per heavy atom. The lowest BCUT2D eigenvalue weighted by Crippen LogP contribution is -2.22. The molecular weight excluding hydrogens is 596 g/mol. The van der Waals surface area contributed by atoms with E-state index in [0.717, 1.165) is 0 Å². The fourth-order valence-corrected chi connectivity index (χ4v) is 9.43. The van der Waals surface area contributed by atoms with Gasteiger partial charge in [0, 0.05) is 32.8 Å². The molecule has 13 heteroatoms. The molecule has 2 heterocycles. The summed E-state index contributed by atoms with van der Waals surface area (Å²) >= 11 is 13.6. The van der Waals surface area contributed by atoms with Gasteiger partial charge in [-0.1, -0.05) is 0 Å². The van der Waals surface area contributed by atoms with E-state index in [4.69, 9.17) is 4.74 Å². The van der Waals surface area contributed by atoms with E-state index in [1.54, 1.807) is 10.8 Å². The van der Waals surface area contributed by atoms with Gasteiger partial charge in [0.25, 0.3) is 0 Å². The van der Waals surface area contributed by atoms with Crippen LogP contribution in [0, 0.1) is 0 Å². The molecule has 0 radical (unpaired) electrons. The first kappa shape index (κ1) is 16.9. The monoisotopic (exact) mass is 596 g/mol. The lowest BCUT2D eigenvalue weighted by molar-refractivity contribution is -0.154. The predicted molar refractivity (Wildman–Crippen MR) is 99.6 cm³/mol. The molecule has 0 aromatic rings. The third kappa shape index (κ3) is 4.76. The summed E-state index contributed by atoms with van der Waals surface area (Å²) in [6.07, 6.45) is 0. The number of nitrogens with one attached hydrogen (secondary N) is 2. The smallest absolute Gasteiger partial charge is 0.363 e. The van der Waals surface area contributed by atoms with Crippen molar-refractivity contribution < 1.29 is 14.3 Å². The number of carbonyl (C=O) groups is 2. The number of rotatable bonds is 2. The molecule has 2 rings (SSSR count). The quantitative estimate of drug-likeness (QED) is 0.202. The molecule has 0 aliphatic carbocycles. The van der Waals surface area contributed by atoms with Gasteiger partial charge >= 0.3 is 11.9 Å². The Morgan fingerprint density at radius 1 is 0.947 bits per heavy atom. The van der Waals surface area contributed by atoms with E-state index < -0.39 is 23.8 Å². The van der Waals surface area contributed by atoms with Gasteiger partial charge in [-0.2, -0.15) is 0 Å². The van der Waals surface area contributed by atoms with Gasteiger partial charge in [-0.25, -0.2) is 9.59 Å². The van der Waals surface area contributed by atoms with Crippen molar-refractivity contribution in [3.63, 3.8) is 0 Å². The number of ether oxygens (including phenoxy) is 1. The van der Waals surface area contributed by atoms with Gasteiger partial charge in [0.1, 0.15) is 11.4 Å². The van der Waals surface area contributed by atoms with E-state index in [0.29, 0.717) is 0 Å². The van der Waals surface area contributed by atoms with Crippen molar-refractivity contribution in [2.75, 3.05) is 0 Å². The molecule has 0 saturated carbocycles. The van der Waals surface area contributed by atoms with Crippen LogP contribution in [0.3, 0.4) is 0 Å². The van der Waals surface area contributed by atoms with Gasteiger partial charge in [-0.15, -0.1) is 0 Å². The summed E-state index contributed by atoms with van der Waals surface area (Å²) in [6, 6.07) is 0. The lowest BCUT2D eigenvalue weighted by atomic mass is 10.5. The molecule has 19 heavy (non-hydrogen) atoms. The highest BCUT2D eigenvalue weighted by Gasteiger charge is 2.32. The van der Waals surface area contributed by atoms with Gasteiger partial charge in [-0.05, 0) is 71.1 Å². The van der Waals surface area contributed by atoms with Crippen molar-refractivity contribution in [2.24, 2.45) is 0 Å². The summed E-state index contributed by atoms with van der Waals surface area (Å²) in [5.41, 5.74) is 0.481. The van der Waals surface area contributed by atoms with Crippen LogP contribution in [0.1, 0.15) is 0 Å². The van der Waals surface area contributed by atoms with Crippen molar-refractivity contribution >= 4 is 105 Å². The van der Waals surface area contributed by atoms with Crippen molar-refractivity contribution in [3.05, 3.63) is 22.2 Å². The minimum absolute atomic E-state index is 0.240. The van der Waals surface area contributed by atoms with Crippen LogP contribution in [0.4, 0.5) is 0 Å². The molecule has 2 N–H and O–H groups in total. The van der Waals surface area contributed by atoms with Crippen molar-refractivity contribution in [1.82, 2.24) is 9.44 Å². The Bertz CT molecular complexity index is 465. The largest absolute Gasteiger partial charge is 0.383 e. The minimum Gasteiger partial charge on any atom is -0.383 e. The van der Waals surface area contributed by atoms with Crippen LogP contribution in [0.25, 0.3) is 0 Å². The maximum absolute atomic E-state index is 11.8. The zero-order chi connectivity index (χ0) is 14.3. The highest BCUT2D eigenvalue weighted by atomic mass is 79.9. The third-order valence-corrected chi connectivity index (χ3v) is 13.1. The van der Waals surface area contributed by atoms with Crippen LogP contribution < -0.4 is 9.44 Å². The first-order valence-corrected chi connectivity index (χ1v) is 17.7. The predicted octanol–water partition coefficient (Wildman–Crippen LogP) is 4.92. The van der Waals surface area contributed by atoms with Crippen LogP contribution in [-0.2, 0) is 14.3 Å². The highest BCUT2D eigenvalue weighted by Crippen LogP contribution is 2.76. The molecule has 0 aromatic carbocycles. The molecule has 0 bridgehead atoms. The fraction of sp³-hybridized carbons (Fsp3) is 0. The van der Waals surface area contributed by atoms with Crippen LogP contribution in [0.5, 0.6) is 0 Å². The molecular formula is C6H4Br4N2O3S4. The second kappa shape index (κ2) is 6.34. The summed E-state index contributed by atoms with van der Waals surface area (Å²) < 4.78 is 10.4. The maximum Gasteiger partial charge on any atom is 0.363 e. The topological polar surface area (TPSA) is 67.4 Å². The molecule has 0 saturated heterocycles. The van der Waals surface area contributed by atoms with E-state index in [9.17, 15) is 9.59 Å². The molecule has 108 valence electrons. The molecule has 0 unspecified atom stereocenters. The Labute approximate surface area is 149 Å². The number of carbonyl (C=O) groups excluding carboxylic acids is 2. The lowest BCUT2D eigenvalue weighted by Gasteiger charge is -2.10. The van der Waals surface area contributed by atoms with Crippen molar-refractivity contribution in [3.8, 4) is 0 Å². The van der Waals surface area contributed by atoms with E-state index in [1.165, 1.54) is 22.0 Å². The first-order valence-electron chi connectivity index (χ1n) is 4.22. The van der Waals surface area contributed by atoms with Gasteiger partial charge < -0.3 is 14.2 Å². The van der Waals surface area contributed by atoms with Gasteiger partial charge in [0.05, 0.1) is 0 Å². The number of halogens is 4. The number of hydrogen-bond acceptors (Lipinski definition) is 7. The van der Waals surface area contributed by atoms with Gasteiger partial charge in [0.15, 0.2) is 0 Å². The second-order valence-corrected chi connectivity index (χ2v) is 32.8. The summed E-state index contributed by atoms with van der Waals surface area (Å²) in [5.74, 6) is -4.23. The molecule has 0 spiro atoms. The fourth-order valence-electron chi connectivity index (χ4n) is 0.945. The Morgan fingerprint density at radius 3 is 1.58 bits per heavy atom. The molecule has 5 nitrogen and oxygen atoms in total. The average Bonchev–Trinajstić information content (AvgIpc) is 2.81. The summed E-state index contributed by atoms with van der Waals surface area (Å²) in [5, 5.41) is 3.31. The molecule has 2 aliphatic rings. The average molecular weight is 600 g/mol. The minimum atomic E-state index is -1.40. The number of hydrogen-bond donors (Lipinski definition) is 2. The third-order valence-electron chi connectivity index (χ3n) is 1.66. The molecule has 0 atom stereocenters. The van der Waals surface area contributed by atoms with Crippen molar-refractivity contribution in [1.29, 1.82) is 0 Å². The Kier molecular flexibility index (Phi) is 5.64. The highest BCUT2D eigenvalue weighted by molar-refractivity contribution is 10.0. The normalized spacial score (nSPS) is 26.3. The molecule has 0 fully saturated rings. The second-order valence-electron chi connectivity index (χ2n) is 3.03. The van der Waals surface area contributed by atoms with Gasteiger partial charge in [-0.3, -0.25) is 0 Å². The summed E-state index contributed by atoms with van der Waals surface area (Å²) in [6.45, 7) is 0. The summed E-state index contributed by atoms with van der Waals surface area (Å²) in [7, 11) is 2.62. The van der Waals surface area contributed by atoms with Crippen LogP contribution in [0.2, 0.25) is 0 Å². The van der Waals surface area contributed by atoms with Crippen LogP contribution >= 0.6 is 93.1 Å². The molecule has 0 aromatic heterocycles. The number of esters is 2. The van der Waals surface area contributed by atoms with E-state index in [2.05, 4.69) is 68.7 Å². The first-order chi connectivity index (χ1) is 8.69. The van der Waals surface area contributed by atoms with Crippen LogP contribution in [-0.4, -0.2) is 11.9 Å². The Hall–Kier alpha value is 1.54. The van der Waals surface area contributed by atoms with Gasteiger partial charge in [0.2, 0.25) is 0 Å². The zero-order valence-corrected chi connectivity index (χ0v) is 18.1.